The van der Waals surface area contributed by atoms with Gasteiger partial charge in [0.2, 0.25) is 5.95 Å². The maximum Gasteiger partial charge on any atom is 0.229 e. The van der Waals surface area contributed by atoms with Crippen LogP contribution in [-0.4, -0.2) is 9.97 Å². The predicted molar refractivity (Wildman–Crippen MR) is 96.2 cm³/mol. The van der Waals surface area contributed by atoms with Crippen molar-refractivity contribution in [3.05, 3.63) is 70.3 Å². The van der Waals surface area contributed by atoms with Crippen LogP contribution in [0.15, 0.2) is 54.6 Å². The van der Waals surface area contributed by atoms with Crippen LogP contribution in [-0.2, 0) is 0 Å². The lowest BCUT2D eigenvalue weighted by atomic mass is 10.3. The van der Waals surface area contributed by atoms with Gasteiger partial charge in [0.15, 0.2) is 0 Å². The summed E-state index contributed by atoms with van der Waals surface area (Å²) in [6, 6.07) is 16.8. The van der Waals surface area contributed by atoms with Crippen LogP contribution < -0.4 is 10.6 Å². The van der Waals surface area contributed by atoms with Crippen LogP contribution in [0.1, 0.15) is 5.69 Å². The average Bonchev–Trinajstić information content (AvgIpc) is 2.51. The Morgan fingerprint density at radius 1 is 0.783 bits per heavy atom. The number of para-hydroxylation sites is 2. The quantitative estimate of drug-likeness (QED) is 0.648. The molecular formula is C17H14Cl2N4. The second-order valence-corrected chi connectivity index (χ2v) is 5.74. The van der Waals surface area contributed by atoms with Crippen molar-refractivity contribution in [2.24, 2.45) is 0 Å². The molecule has 1 heterocycles. The third-order valence-corrected chi connectivity index (χ3v) is 3.77. The first-order valence-corrected chi connectivity index (χ1v) is 7.76. The molecule has 0 aliphatic heterocycles. The minimum atomic E-state index is 0.465. The molecule has 0 aliphatic rings. The van der Waals surface area contributed by atoms with E-state index in [1.54, 1.807) is 0 Å². The molecule has 4 nitrogen and oxygen atoms in total. The fraction of sp³-hybridized carbons (Fsp3) is 0.0588. The Balaban J connectivity index is 1.88. The van der Waals surface area contributed by atoms with Gasteiger partial charge in [-0.25, -0.2) is 4.98 Å². The van der Waals surface area contributed by atoms with Gasteiger partial charge in [-0.15, -0.1) is 0 Å². The van der Waals surface area contributed by atoms with Crippen molar-refractivity contribution in [1.82, 2.24) is 9.97 Å². The first kappa shape index (κ1) is 15.6. The largest absolute Gasteiger partial charge is 0.339 e. The van der Waals surface area contributed by atoms with Crippen LogP contribution in [0.3, 0.4) is 0 Å². The zero-order valence-corrected chi connectivity index (χ0v) is 13.9. The number of benzene rings is 2. The number of nitrogens with one attached hydrogen (secondary N) is 2. The number of anilines is 4. The van der Waals surface area contributed by atoms with Crippen molar-refractivity contribution in [3.8, 4) is 0 Å². The molecule has 0 amide bonds. The molecule has 116 valence electrons. The van der Waals surface area contributed by atoms with Gasteiger partial charge in [0, 0.05) is 11.8 Å². The van der Waals surface area contributed by atoms with Crippen molar-refractivity contribution < 1.29 is 0 Å². The molecule has 2 aromatic carbocycles. The summed E-state index contributed by atoms with van der Waals surface area (Å²) < 4.78 is 0. The highest BCUT2D eigenvalue weighted by molar-refractivity contribution is 6.33. The molecule has 2 N–H and O–H groups in total. The molecule has 0 fully saturated rings. The Morgan fingerprint density at radius 2 is 1.35 bits per heavy atom. The third-order valence-electron chi connectivity index (χ3n) is 3.11. The van der Waals surface area contributed by atoms with E-state index < -0.39 is 0 Å². The zero-order valence-electron chi connectivity index (χ0n) is 12.3. The van der Waals surface area contributed by atoms with Crippen molar-refractivity contribution in [1.29, 1.82) is 0 Å². The number of aryl methyl sites for hydroxylation is 1. The molecule has 0 aliphatic carbocycles. The molecular weight excluding hydrogens is 331 g/mol. The number of halogens is 2. The van der Waals surface area contributed by atoms with Gasteiger partial charge in [-0.1, -0.05) is 47.5 Å². The molecule has 3 aromatic rings. The first-order valence-electron chi connectivity index (χ1n) is 7.00. The SMILES string of the molecule is Cc1cc(Nc2ccccc2Cl)nc(Nc2ccccc2Cl)n1. The van der Waals surface area contributed by atoms with E-state index >= 15 is 0 Å². The van der Waals surface area contributed by atoms with Gasteiger partial charge in [-0.05, 0) is 31.2 Å². The topological polar surface area (TPSA) is 49.8 Å². The Bertz CT molecular complexity index is 771. The van der Waals surface area contributed by atoms with E-state index in [9.17, 15) is 0 Å². The fourth-order valence-corrected chi connectivity index (χ4v) is 2.44. The van der Waals surface area contributed by atoms with Crippen molar-refractivity contribution in [3.63, 3.8) is 0 Å². The van der Waals surface area contributed by atoms with Gasteiger partial charge in [-0.2, -0.15) is 4.98 Å². The first-order chi connectivity index (χ1) is 11.1. The van der Waals surface area contributed by atoms with Crippen LogP contribution in [0.4, 0.5) is 23.1 Å². The molecule has 3 rings (SSSR count). The highest BCUT2D eigenvalue weighted by atomic mass is 35.5. The molecule has 0 unspecified atom stereocenters. The molecule has 0 bridgehead atoms. The summed E-state index contributed by atoms with van der Waals surface area (Å²) >= 11 is 12.3. The lowest BCUT2D eigenvalue weighted by Gasteiger charge is -2.11. The van der Waals surface area contributed by atoms with E-state index in [0.29, 0.717) is 21.8 Å². The number of rotatable bonds is 4. The van der Waals surface area contributed by atoms with Gasteiger partial charge in [-0.3, -0.25) is 0 Å². The van der Waals surface area contributed by atoms with Crippen molar-refractivity contribution >= 4 is 46.3 Å². The lowest BCUT2D eigenvalue weighted by Crippen LogP contribution is -2.02. The molecule has 6 heteroatoms. The molecule has 0 saturated carbocycles. The highest BCUT2D eigenvalue weighted by Gasteiger charge is 2.06. The summed E-state index contributed by atoms with van der Waals surface area (Å²) in [5.41, 5.74) is 2.36. The summed E-state index contributed by atoms with van der Waals surface area (Å²) in [7, 11) is 0. The molecule has 0 radical (unpaired) electrons. The van der Waals surface area contributed by atoms with E-state index in [1.807, 2.05) is 61.5 Å². The van der Waals surface area contributed by atoms with E-state index in [4.69, 9.17) is 23.2 Å². The Labute approximate surface area is 144 Å². The van der Waals surface area contributed by atoms with Crippen LogP contribution in [0.2, 0.25) is 10.0 Å². The summed E-state index contributed by atoms with van der Waals surface area (Å²) in [5.74, 6) is 1.12. The molecule has 23 heavy (non-hydrogen) atoms. The summed E-state index contributed by atoms with van der Waals surface area (Å²) in [4.78, 5) is 8.84. The normalized spacial score (nSPS) is 10.4. The van der Waals surface area contributed by atoms with Crippen LogP contribution in [0.5, 0.6) is 0 Å². The van der Waals surface area contributed by atoms with E-state index in [0.717, 1.165) is 17.1 Å². The van der Waals surface area contributed by atoms with Crippen LogP contribution >= 0.6 is 23.2 Å². The third kappa shape index (κ3) is 3.92. The van der Waals surface area contributed by atoms with Crippen LogP contribution in [0, 0.1) is 6.92 Å². The van der Waals surface area contributed by atoms with Gasteiger partial charge in [0.1, 0.15) is 5.82 Å². The van der Waals surface area contributed by atoms with Gasteiger partial charge in [0.05, 0.1) is 21.4 Å². The number of hydrogen-bond acceptors (Lipinski definition) is 4. The standard InChI is InChI=1S/C17H14Cl2N4/c1-11-10-16(21-14-8-4-2-6-12(14)18)23-17(20-11)22-15-9-5-3-7-13(15)19/h2-10H,1H3,(H2,20,21,22,23). The highest BCUT2D eigenvalue weighted by Crippen LogP contribution is 2.26. The summed E-state index contributed by atoms with van der Waals surface area (Å²) in [6.07, 6.45) is 0. The van der Waals surface area contributed by atoms with Crippen LogP contribution in [0.25, 0.3) is 0 Å². The number of hydrogen-bond donors (Lipinski definition) is 2. The lowest BCUT2D eigenvalue weighted by molar-refractivity contribution is 1.11. The second-order valence-electron chi connectivity index (χ2n) is 4.93. The Kier molecular flexibility index (Phi) is 4.65. The van der Waals surface area contributed by atoms with E-state index in [2.05, 4.69) is 20.6 Å². The van der Waals surface area contributed by atoms with Gasteiger partial charge < -0.3 is 10.6 Å². The predicted octanol–water partition coefficient (Wildman–Crippen LogP) is 5.58. The average molecular weight is 345 g/mol. The number of nitrogens with zero attached hydrogens (tertiary/aromatic N) is 2. The molecule has 0 spiro atoms. The van der Waals surface area contributed by atoms with E-state index in [1.165, 1.54) is 0 Å². The van der Waals surface area contributed by atoms with Gasteiger partial charge in [0.25, 0.3) is 0 Å². The second kappa shape index (κ2) is 6.86. The monoisotopic (exact) mass is 344 g/mol. The Morgan fingerprint density at radius 3 is 1.96 bits per heavy atom. The molecule has 0 atom stereocenters. The smallest absolute Gasteiger partial charge is 0.229 e. The zero-order chi connectivity index (χ0) is 16.2. The summed E-state index contributed by atoms with van der Waals surface area (Å²) in [6.45, 7) is 1.90. The molecule has 1 aromatic heterocycles. The maximum absolute atomic E-state index is 6.17. The maximum atomic E-state index is 6.17. The van der Waals surface area contributed by atoms with Crippen molar-refractivity contribution in [2.75, 3.05) is 10.6 Å². The minimum Gasteiger partial charge on any atom is -0.339 e. The van der Waals surface area contributed by atoms with Crippen molar-refractivity contribution in [2.45, 2.75) is 6.92 Å². The summed E-state index contributed by atoms with van der Waals surface area (Å²) in [5, 5.41) is 7.56. The molecule has 0 saturated heterocycles. The Hall–Kier alpha value is -2.30. The minimum absolute atomic E-state index is 0.465. The fourth-order valence-electron chi connectivity index (χ4n) is 2.07. The number of aromatic nitrogens is 2. The van der Waals surface area contributed by atoms with E-state index in [-0.39, 0.29) is 0 Å². The van der Waals surface area contributed by atoms with Gasteiger partial charge >= 0.3 is 0 Å².